The molecule has 124 valence electrons. The summed E-state index contributed by atoms with van der Waals surface area (Å²) in [5.74, 6) is 1.03. The number of nitrogens with zero attached hydrogens (tertiary/aromatic N) is 5. The van der Waals surface area contributed by atoms with Crippen molar-refractivity contribution >= 4 is 10.2 Å². The Bertz CT molecular complexity index is 592. The Morgan fingerprint density at radius 3 is 2.36 bits per heavy atom. The van der Waals surface area contributed by atoms with Crippen molar-refractivity contribution in [1.82, 2.24) is 23.4 Å². The van der Waals surface area contributed by atoms with Crippen molar-refractivity contribution < 1.29 is 8.42 Å². The van der Waals surface area contributed by atoms with Crippen LogP contribution < -0.4 is 0 Å². The maximum Gasteiger partial charge on any atom is 0.281 e. The van der Waals surface area contributed by atoms with Crippen LogP contribution in [-0.2, 0) is 17.3 Å². The molecule has 8 heteroatoms. The average Bonchev–Trinajstić information content (AvgIpc) is 2.77. The van der Waals surface area contributed by atoms with Crippen LogP contribution in [-0.4, -0.2) is 58.0 Å². The lowest BCUT2D eigenvalue weighted by Gasteiger charge is -2.34. The Labute approximate surface area is 132 Å². The molecule has 0 unspecified atom stereocenters. The van der Waals surface area contributed by atoms with E-state index in [9.17, 15) is 8.42 Å². The van der Waals surface area contributed by atoms with Crippen LogP contribution in [0.3, 0.4) is 0 Å². The third kappa shape index (κ3) is 3.18. The lowest BCUT2D eigenvalue weighted by Crippen LogP contribution is -2.48. The zero-order chi connectivity index (χ0) is 15.6. The molecule has 2 aliphatic heterocycles. The Kier molecular flexibility index (Phi) is 4.79. The van der Waals surface area contributed by atoms with Gasteiger partial charge in [0.15, 0.2) is 0 Å². The molecule has 2 aliphatic rings. The van der Waals surface area contributed by atoms with Crippen LogP contribution in [0.2, 0.25) is 0 Å². The van der Waals surface area contributed by atoms with Gasteiger partial charge in [-0.25, -0.2) is 0 Å². The summed E-state index contributed by atoms with van der Waals surface area (Å²) in [6.45, 7) is 2.46. The van der Waals surface area contributed by atoms with E-state index in [-0.39, 0.29) is 5.92 Å². The summed E-state index contributed by atoms with van der Waals surface area (Å²) >= 11 is 0. The predicted octanol–water partition coefficient (Wildman–Crippen LogP) is 1.12. The molecule has 3 heterocycles. The monoisotopic (exact) mass is 327 g/mol. The first kappa shape index (κ1) is 15.9. The van der Waals surface area contributed by atoms with E-state index in [0.29, 0.717) is 26.2 Å². The third-order valence-electron chi connectivity index (χ3n) is 4.71. The minimum atomic E-state index is -3.34. The first-order chi connectivity index (χ1) is 10.6. The van der Waals surface area contributed by atoms with Crippen molar-refractivity contribution in [3.05, 3.63) is 12.2 Å². The fraction of sp³-hybridized carbons (Fsp3) is 0.857. The lowest BCUT2D eigenvalue weighted by atomic mass is 9.99. The number of hydrogen-bond acceptors (Lipinski definition) is 4. The van der Waals surface area contributed by atoms with Gasteiger partial charge in [0.2, 0.25) is 0 Å². The van der Waals surface area contributed by atoms with E-state index in [0.717, 1.165) is 44.3 Å². The Balaban J connectivity index is 1.74. The third-order valence-corrected chi connectivity index (χ3v) is 6.72. The lowest BCUT2D eigenvalue weighted by molar-refractivity contribution is 0.278. The molecule has 0 aromatic carbocycles. The van der Waals surface area contributed by atoms with Crippen molar-refractivity contribution in [1.29, 1.82) is 0 Å². The van der Waals surface area contributed by atoms with Crippen molar-refractivity contribution in [3.8, 4) is 0 Å². The van der Waals surface area contributed by atoms with Crippen LogP contribution >= 0.6 is 0 Å². The van der Waals surface area contributed by atoms with Gasteiger partial charge in [-0.1, -0.05) is 12.8 Å². The molecule has 0 aliphatic carbocycles. The smallest absolute Gasteiger partial charge is 0.281 e. The number of aromatic nitrogens is 3. The Morgan fingerprint density at radius 1 is 1.05 bits per heavy atom. The molecule has 1 aromatic heterocycles. The van der Waals surface area contributed by atoms with Crippen LogP contribution in [0.1, 0.15) is 50.3 Å². The van der Waals surface area contributed by atoms with E-state index in [1.165, 1.54) is 0 Å². The highest BCUT2D eigenvalue weighted by Crippen LogP contribution is 2.28. The summed E-state index contributed by atoms with van der Waals surface area (Å²) in [6.07, 6.45) is 7.74. The maximum absolute atomic E-state index is 12.9. The quantitative estimate of drug-likeness (QED) is 0.834. The SMILES string of the molecule is Cn1cnnc1[C@H]1CCCN(S(=O)(=O)N2CCCCCC2)C1. The molecule has 7 nitrogen and oxygen atoms in total. The zero-order valence-electron chi connectivity index (χ0n) is 13.2. The summed E-state index contributed by atoms with van der Waals surface area (Å²) in [6, 6.07) is 0. The maximum atomic E-state index is 12.9. The first-order valence-corrected chi connectivity index (χ1v) is 9.58. The van der Waals surface area contributed by atoms with Crippen LogP contribution in [0.25, 0.3) is 0 Å². The Morgan fingerprint density at radius 2 is 1.73 bits per heavy atom. The molecule has 2 saturated heterocycles. The highest BCUT2D eigenvalue weighted by Gasteiger charge is 2.35. The molecule has 22 heavy (non-hydrogen) atoms. The molecular formula is C14H25N5O2S. The van der Waals surface area contributed by atoms with Gasteiger partial charge in [0.05, 0.1) is 0 Å². The van der Waals surface area contributed by atoms with E-state index < -0.39 is 10.2 Å². The number of aryl methyl sites for hydroxylation is 1. The van der Waals surface area contributed by atoms with Gasteiger partial charge in [-0.05, 0) is 25.7 Å². The molecule has 2 fully saturated rings. The van der Waals surface area contributed by atoms with Crippen molar-refractivity contribution in [2.45, 2.75) is 44.4 Å². The standard InChI is InChI=1S/C14H25N5O2S/c1-17-12-15-16-14(17)13-7-6-10-19(11-13)22(20,21)18-8-4-2-3-5-9-18/h12-13H,2-11H2,1H3/t13-/m0/s1. The van der Waals surface area contributed by atoms with Gasteiger partial charge in [-0.15, -0.1) is 10.2 Å². The van der Waals surface area contributed by atoms with Gasteiger partial charge in [0.25, 0.3) is 10.2 Å². The molecule has 0 bridgehead atoms. The minimum Gasteiger partial charge on any atom is -0.320 e. The van der Waals surface area contributed by atoms with Crippen molar-refractivity contribution in [2.75, 3.05) is 26.2 Å². The molecule has 3 rings (SSSR count). The zero-order valence-corrected chi connectivity index (χ0v) is 14.0. The largest absolute Gasteiger partial charge is 0.320 e. The van der Waals surface area contributed by atoms with E-state index in [1.807, 2.05) is 11.6 Å². The number of hydrogen-bond donors (Lipinski definition) is 0. The summed E-state index contributed by atoms with van der Waals surface area (Å²) < 4.78 is 31.0. The van der Waals surface area contributed by atoms with E-state index in [1.54, 1.807) is 14.9 Å². The van der Waals surface area contributed by atoms with Crippen LogP contribution in [0.5, 0.6) is 0 Å². The molecule has 0 radical (unpaired) electrons. The molecule has 0 saturated carbocycles. The van der Waals surface area contributed by atoms with Gasteiger partial charge in [0, 0.05) is 39.1 Å². The fourth-order valence-electron chi connectivity index (χ4n) is 3.46. The van der Waals surface area contributed by atoms with Gasteiger partial charge in [0.1, 0.15) is 12.2 Å². The molecular weight excluding hydrogens is 302 g/mol. The average molecular weight is 327 g/mol. The van der Waals surface area contributed by atoms with E-state index >= 15 is 0 Å². The second-order valence-corrected chi connectivity index (χ2v) is 8.25. The highest BCUT2D eigenvalue weighted by atomic mass is 32.2. The highest BCUT2D eigenvalue weighted by molar-refractivity contribution is 7.86. The molecule has 0 N–H and O–H groups in total. The van der Waals surface area contributed by atoms with Crippen LogP contribution in [0.15, 0.2) is 6.33 Å². The second-order valence-electron chi connectivity index (χ2n) is 6.32. The fourth-order valence-corrected chi connectivity index (χ4v) is 5.23. The van der Waals surface area contributed by atoms with Crippen LogP contribution in [0, 0.1) is 0 Å². The Hall–Kier alpha value is -0.990. The summed E-state index contributed by atoms with van der Waals surface area (Å²) in [7, 11) is -1.42. The topological polar surface area (TPSA) is 71.3 Å². The number of piperidine rings is 1. The first-order valence-electron chi connectivity index (χ1n) is 8.18. The molecule has 0 amide bonds. The van der Waals surface area contributed by atoms with Gasteiger partial charge >= 0.3 is 0 Å². The predicted molar refractivity (Wildman–Crippen MR) is 83.5 cm³/mol. The number of rotatable bonds is 3. The van der Waals surface area contributed by atoms with Crippen LogP contribution in [0.4, 0.5) is 0 Å². The molecule has 1 aromatic rings. The van der Waals surface area contributed by atoms with Gasteiger partial charge < -0.3 is 4.57 Å². The van der Waals surface area contributed by atoms with Gasteiger partial charge in [-0.3, -0.25) is 0 Å². The second kappa shape index (κ2) is 6.64. The molecule has 1 atom stereocenters. The van der Waals surface area contributed by atoms with Crippen molar-refractivity contribution in [2.24, 2.45) is 7.05 Å². The normalized spacial score (nSPS) is 26.0. The van der Waals surface area contributed by atoms with E-state index in [4.69, 9.17) is 0 Å². The minimum absolute atomic E-state index is 0.142. The summed E-state index contributed by atoms with van der Waals surface area (Å²) in [5, 5.41) is 8.08. The van der Waals surface area contributed by atoms with E-state index in [2.05, 4.69) is 10.2 Å². The summed E-state index contributed by atoms with van der Waals surface area (Å²) in [4.78, 5) is 0. The molecule has 0 spiro atoms. The van der Waals surface area contributed by atoms with Gasteiger partial charge in [-0.2, -0.15) is 17.0 Å². The van der Waals surface area contributed by atoms with Crippen molar-refractivity contribution in [3.63, 3.8) is 0 Å². The summed E-state index contributed by atoms with van der Waals surface area (Å²) in [5.41, 5.74) is 0.